The van der Waals surface area contributed by atoms with Gasteiger partial charge in [-0.2, -0.15) is 0 Å². The number of rotatable bonds is 12. The lowest BCUT2D eigenvalue weighted by Gasteiger charge is -2.32. The molecule has 212 valence electrons. The Labute approximate surface area is 231 Å². The topological polar surface area (TPSA) is 117 Å². The zero-order valence-electron chi connectivity index (χ0n) is 23.3. The van der Waals surface area contributed by atoms with E-state index in [1.807, 2.05) is 0 Å². The van der Waals surface area contributed by atoms with E-state index in [1.54, 1.807) is 0 Å². The maximum Gasteiger partial charge on any atom is 0.338 e. The van der Waals surface area contributed by atoms with Gasteiger partial charge in [-0.25, -0.2) is 14.8 Å². The highest BCUT2D eigenvalue weighted by Gasteiger charge is 2.25. The maximum absolute atomic E-state index is 12.9. The van der Waals surface area contributed by atoms with Gasteiger partial charge in [-0.05, 0) is 62.0 Å². The van der Waals surface area contributed by atoms with Crippen LogP contribution in [0.15, 0.2) is 36.7 Å². The first-order chi connectivity index (χ1) is 18.9. The van der Waals surface area contributed by atoms with Crippen molar-refractivity contribution in [1.82, 2.24) is 20.6 Å². The van der Waals surface area contributed by atoms with Gasteiger partial charge < -0.3 is 25.4 Å². The Bertz CT molecular complexity index is 1050. The number of carbonyl (C=O) groups excluding carboxylic acids is 1. The van der Waals surface area contributed by atoms with Crippen molar-refractivity contribution in [3.8, 4) is 0 Å². The van der Waals surface area contributed by atoms with E-state index in [4.69, 9.17) is 9.84 Å². The Hall–Kier alpha value is -3.04. The lowest BCUT2D eigenvalue weighted by Crippen LogP contribution is -2.42. The number of hydrogen-bond donors (Lipinski definition) is 3. The Morgan fingerprint density at radius 2 is 1.59 bits per heavy atom. The molecule has 2 aliphatic rings. The highest BCUT2D eigenvalue weighted by Crippen LogP contribution is 2.22. The highest BCUT2D eigenvalue weighted by molar-refractivity contribution is 5.86. The van der Waals surface area contributed by atoms with Crippen molar-refractivity contribution in [2.45, 2.75) is 96.5 Å². The summed E-state index contributed by atoms with van der Waals surface area (Å²) in [6.45, 7) is 7.37. The first kappa shape index (κ1) is 29.0. The molecule has 0 unspecified atom stereocenters. The molecule has 1 saturated heterocycles. The summed E-state index contributed by atoms with van der Waals surface area (Å²) in [7, 11) is 0. The van der Waals surface area contributed by atoms with Gasteiger partial charge in [-0.1, -0.05) is 44.5 Å². The largest absolute Gasteiger partial charge is 0.478 e. The number of ether oxygens (including phenoxy) is 1. The normalized spacial score (nSPS) is 17.8. The number of carboxylic acid groups (broad SMARTS) is 1. The van der Waals surface area contributed by atoms with Crippen molar-refractivity contribution in [2.24, 2.45) is 5.92 Å². The molecule has 9 nitrogen and oxygen atoms in total. The van der Waals surface area contributed by atoms with Gasteiger partial charge in [0.05, 0.1) is 5.56 Å². The molecule has 2 heterocycles. The van der Waals surface area contributed by atoms with Crippen LogP contribution in [0.3, 0.4) is 0 Å². The summed E-state index contributed by atoms with van der Waals surface area (Å²) < 4.78 is 5.86. The molecule has 2 fully saturated rings. The summed E-state index contributed by atoms with van der Waals surface area (Å²) in [4.78, 5) is 34.4. The lowest BCUT2D eigenvalue weighted by atomic mass is 9.97. The predicted molar refractivity (Wildman–Crippen MR) is 151 cm³/mol. The highest BCUT2D eigenvalue weighted by atomic mass is 16.5. The number of carbonyl (C=O) groups is 2. The van der Waals surface area contributed by atoms with Crippen molar-refractivity contribution in [2.75, 3.05) is 18.0 Å². The Morgan fingerprint density at radius 3 is 2.18 bits per heavy atom. The van der Waals surface area contributed by atoms with Crippen LogP contribution >= 0.6 is 0 Å². The number of carboxylic acids is 1. The third-order valence-corrected chi connectivity index (χ3v) is 7.66. The number of nitrogens with zero attached hydrogens (tertiary/aromatic N) is 3. The number of aromatic carboxylic acids is 1. The average molecular weight is 538 g/mol. The van der Waals surface area contributed by atoms with Crippen LogP contribution in [0.25, 0.3) is 0 Å². The molecule has 1 aromatic carbocycles. The molecule has 1 aromatic heterocycles. The molecule has 0 amide bonds. The number of esters is 1. The van der Waals surface area contributed by atoms with E-state index in [2.05, 4.69) is 63.6 Å². The Kier molecular flexibility index (Phi) is 10.7. The van der Waals surface area contributed by atoms with Crippen LogP contribution in [0.2, 0.25) is 0 Å². The molecule has 0 spiro atoms. The second kappa shape index (κ2) is 14.4. The van der Waals surface area contributed by atoms with Crippen LogP contribution < -0.4 is 15.5 Å². The molecule has 1 aliphatic heterocycles. The predicted octanol–water partition coefficient (Wildman–Crippen LogP) is 4.31. The minimum Gasteiger partial charge on any atom is -0.478 e. The minimum atomic E-state index is -1.02. The van der Waals surface area contributed by atoms with Crippen LogP contribution in [0.1, 0.15) is 86.7 Å². The monoisotopic (exact) mass is 537 g/mol. The van der Waals surface area contributed by atoms with Crippen LogP contribution in [0, 0.1) is 5.92 Å². The molecule has 2 aromatic rings. The second-order valence-corrected chi connectivity index (χ2v) is 11.3. The van der Waals surface area contributed by atoms with Crippen LogP contribution in [0.5, 0.6) is 0 Å². The number of aromatic nitrogens is 2. The van der Waals surface area contributed by atoms with Crippen molar-refractivity contribution in [3.63, 3.8) is 0 Å². The van der Waals surface area contributed by atoms with Crippen LogP contribution in [0.4, 0.5) is 5.95 Å². The van der Waals surface area contributed by atoms with Gasteiger partial charge >= 0.3 is 11.9 Å². The van der Waals surface area contributed by atoms with Crippen LogP contribution in [-0.4, -0.2) is 58.3 Å². The third kappa shape index (κ3) is 9.00. The van der Waals surface area contributed by atoms with Gasteiger partial charge in [0.2, 0.25) is 5.95 Å². The summed E-state index contributed by atoms with van der Waals surface area (Å²) >= 11 is 0. The van der Waals surface area contributed by atoms with E-state index >= 15 is 0 Å². The molecular formula is C30H43N5O4. The minimum absolute atomic E-state index is 0.0837. The van der Waals surface area contributed by atoms with Crippen molar-refractivity contribution in [1.29, 1.82) is 0 Å². The van der Waals surface area contributed by atoms with E-state index in [0.29, 0.717) is 24.5 Å². The van der Waals surface area contributed by atoms with E-state index in [1.165, 1.54) is 24.4 Å². The first-order valence-electron chi connectivity index (χ1n) is 14.4. The zero-order valence-corrected chi connectivity index (χ0v) is 23.3. The van der Waals surface area contributed by atoms with Gasteiger partial charge in [0.15, 0.2) is 0 Å². The lowest BCUT2D eigenvalue weighted by molar-refractivity contribution is -0.153. The summed E-state index contributed by atoms with van der Waals surface area (Å²) in [5.74, 6) is -0.128. The molecule has 39 heavy (non-hydrogen) atoms. The third-order valence-electron chi connectivity index (χ3n) is 7.66. The van der Waals surface area contributed by atoms with E-state index in [9.17, 15) is 9.59 Å². The molecule has 4 rings (SSSR count). The molecule has 0 bridgehead atoms. The SMILES string of the molecule is CC(C)C[C@H](NCc1ccc(CNC2CCN(c3ncc(C(=O)O)cn3)CC2)cc1)C(=O)OC1CCCCC1. The average Bonchev–Trinajstić information content (AvgIpc) is 2.95. The van der Waals surface area contributed by atoms with E-state index in [-0.39, 0.29) is 23.7 Å². The number of hydrogen-bond acceptors (Lipinski definition) is 8. The fourth-order valence-corrected chi connectivity index (χ4v) is 5.32. The fraction of sp³-hybridized carbons (Fsp3) is 0.600. The number of nitrogens with one attached hydrogen (secondary N) is 2. The Balaban J connectivity index is 1.19. The fourth-order valence-electron chi connectivity index (χ4n) is 5.32. The summed E-state index contributed by atoms with van der Waals surface area (Å²) in [6, 6.07) is 8.68. The van der Waals surface area contributed by atoms with Gasteiger partial charge in [-0.15, -0.1) is 0 Å². The van der Waals surface area contributed by atoms with E-state index in [0.717, 1.165) is 70.1 Å². The molecule has 9 heteroatoms. The number of anilines is 1. The van der Waals surface area contributed by atoms with Gasteiger partial charge in [0.1, 0.15) is 12.1 Å². The quantitative estimate of drug-likeness (QED) is 0.341. The van der Waals surface area contributed by atoms with Crippen molar-refractivity contribution >= 4 is 17.9 Å². The van der Waals surface area contributed by atoms with Gasteiger partial charge in [-0.3, -0.25) is 4.79 Å². The number of benzene rings is 1. The summed E-state index contributed by atoms with van der Waals surface area (Å²) in [5, 5.41) is 16.1. The molecule has 3 N–H and O–H groups in total. The smallest absolute Gasteiger partial charge is 0.338 e. The molecule has 0 radical (unpaired) electrons. The van der Waals surface area contributed by atoms with Gasteiger partial charge in [0, 0.05) is 44.6 Å². The summed E-state index contributed by atoms with van der Waals surface area (Å²) in [6.07, 6.45) is 11.1. The van der Waals surface area contributed by atoms with Crippen molar-refractivity contribution in [3.05, 3.63) is 53.3 Å². The van der Waals surface area contributed by atoms with Gasteiger partial charge in [0.25, 0.3) is 0 Å². The van der Waals surface area contributed by atoms with Crippen molar-refractivity contribution < 1.29 is 19.4 Å². The second-order valence-electron chi connectivity index (χ2n) is 11.3. The van der Waals surface area contributed by atoms with Crippen LogP contribution in [-0.2, 0) is 22.6 Å². The van der Waals surface area contributed by atoms with E-state index < -0.39 is 5.97 Å². The molecule has 1 atom stereocenters. The number of piperidine rings is 1. The standard InChI is InChI=1S/C30H43N5O4/c1-21(2)16-27(29(38)39-26-6-4-3-5-7-26)32-18-23-10-8-22(9-11-23)17-31-25-12-14-35(15-13-25)30-33-19-24(20-34-30)28(36)37/h8-11,19-21,25-27,31-32H,3-7,12-18H2,1-2H3,(H,36,37)/t27-/m0/s1. The molecule has 1 saturated carbocycles. The Morgan fingerprint density at radius 1 is 0.974 bits per heavy atom. The zero-order chi connectivity index (χ0) is 27.6. The maximum atomic E-state index is 12.9. The first-order valence-corrected chi connectivity index (χ1v) is 14.4. The molecular weight excluding hydrogens is 494 g/mol. The molecule has 1 aliphatic carbocycles. The summed E-state index contributed by atoms with van der Waals surface area (Å²) in [5.41, 5.74) is 2.48.